The van der Waals surface area contributed by atoms with Gasteiger partial charge in [-0.15, -0.1) is 0 Å². The van der Waals surface area contributed by atoms with Gasteiger partial charge < -0.3 is 10.1 Å². The molecule has 6 nitrogen and oxygen atoms in total. The maximum absolute atomic E-state index is 14.1. The number of aromatic nitrogens is 3. The average molecular weight is 417 g/mol. The summed E-state index contributed by atoms with van der Waals surface area (Å²) in [5, 5.41) is 7.44. The monoisotopic (exact) mass is 416 g/mol. The predicted molar refractivity (Wildman–Crippen MR) is 108 cm³/mol. The summed E-state index contributed by atoms with van der Waals surface area (Å²) in [4.78, 5) is 17.6. The molecule has 0 spiro atoms. The van der Waals surface area contributed by atoms with E-state index in [-0.39, 0.29) is 10.9 Å². The molecule has 0 bridgehead atoms. The number of nitrogens with one attached hydrogen (secondary N) is 1. The van der Waals surface area contributed by atoms with Crippen molar-refractivity contribution >= 4 is 23.2 Å². The molecule has 3 aromatic rings. The summed E-state index contributed by atoms with van der Waals surface area (Å²) in [7, 11) is 0. The molecule has 0 aliphatic carbocycles. The van der Waals surface area contributed by atoms with E-state index in [9.17, 15) is 9.18 Å². The first kappa shape index (κ1) is 19.8. The minimum Gasteiger partial charge on any atom is -0.381 e. The highest BCUT2D eigenvalue weighted by Crippen LogP contribution is 2.34. The van der Waals surface area contributed by atoms with E-state index >= 15 is 0 Å². The average Bonchev–Trinajstić information content (AvgIpc) is 3.14. The standard InChI is InChI=1S/C21H22ClFN4O2/c1-13(2)14-10-24-19-16(11-25-27(19)12-14)20(28)26-21(5-7-29-8-6-21)15-3-4-17(22)18(23)9-15/h3-4,9-13H,5-8H2,1-2H3,(H,26,28). The van der Waals surface area contributed by atoms with Crippen molar-refractivity contribution < 1.29 is 13.9 Å². The van der Waals surface area contributed by atoms with Crippen LogP contribution in [0, 0.1) is 5.82 Å². The van der Waals surface area contributed by atoms with Crippen LogP contribution in [-0.4, -0.2) is 33.7 Å². The minimum absolute atomic E-state index is 0.0510. The van der Waals surface area contributed by atoms with E-state index in [2.05, 4.69) is 29.2 Å². The number of benzene rings is 1. The summed E-state index contributed by atoms with van der Waals surface area (Å²) in [6.07, 6.45) is 6.21. The molecule has 1 aromatic carbocycles. The maximum atomic E-state index is 14.1. The van der Waals surface area contributed by atoms with Crippen LogP contribution in [0.4, 0.5) is 4.39 Å². The fourth-order valence-corrected chi connectivity index (χ4v) is 3.75. The molecule has 1 fully saturated rings. The number of rotatable bonds is 4. The van der Waals surface area contributed by atoms with Gasteiger partial charge in [0.25, 0.3) is 5.91 Å². The fourth-order valence-electron chi connectivity index (χ4n) is 3.63. The molecule has 3 heterocycles. The van der Waals surface area contributed by atoms with E-state index in [4.69, 9.17) is 16.3 Å². The lowest BCUT2D eigenvalue weighted by molar-refractivity contribution is 0.0345. The van der Waals surface area contributed by atoms with Crippen LogP contribution in [0.1, 0.15) is 54.1 Å². The molecule has 1 aliphatic rings. The van der Waals surface area contributed by atoms with Crippen molar-refractivity contribution in [3.63, 3.8) is 0 Å². The van der Waals surface area contributed by atoms with Crippen LogP contribution >= 0.6 is 11.6 Å². The Morgan fingerprint density at radius 1 is 1.31 bits per heavy atom. The van der Waals surface area contributed by atoms with Gasteiger partial charge in [0.1, 0.15) is 11.4 Å². The van der Waals surface area contributed by atoms with E-state index in [1.54, 1.807) is 16.8 Å². The Bertz CT molecular complexity index is 1060. The van der Waals surface area contributed by atoms with Gasteiger partial charge in [-0.25, -0.2) is 13.9 Å². The van der Waals surface area contributed by atoms with Gasteiger partial charge in [-0.05, 0) is 42.0 Å². The minimum atomic E-state index is -0.743. The van der Waals surface area contributed by atoms with Crippen molar-refractivity contribution in [3.05, 3.63) is 64.3 Å². The normalized spacial score (nSPS) is 16.3. The third-order valence-electron chi connectivity index (χ3n) is 5.46. The number of fused-ring (bicyclic) bond motifs is 1. The molecule has 2 aromatic heterocycles. The Labute approximate surface area is 173 Å². The molecular formula is C21H22ClFN4O2. The number of halogens is 2. The van der Waals surface area contributed by atoms with Gasteiger partial charge >= 0.3 is 0 Å². The molecule has 0 atom stereocenters. The lowest BCUT2D eigenvalue weighted by Gasteiger charge is -2.38. The van der Waals surface area contributed by atoms with Crippen molar-refractivity contribution in [2.24, 2.45) is 0 Å². The number of carbonyl (C=O) groups excluding carboxylic acids is 1. The van der Waals surface area contributed by atoms with Crippen molar-refractivity contribution in [3.8, 4) is 0 Å². The number of nitrogens with zero attached hydrogens (tertiary/aromatic N) is 3. The Morgan fingerprint density at radius 2 is 2.07 bits per heavy atom. The second-order valence-electron chi connectivity index (χ2n) is 7.65. The Morgan fingerprint density at radius 3 is 2.76 bits per heavy atom. The van der Waals surface area contributed by atoms with E-state index in [0.29, 0.717) is 48.7 Å². The molecule has 1 aliphatic heterocycles. The highest BCUT2D eigenvalue weighted by atomic mass is 35.5. The van der Waals surface area contributed by atoms with Gasteiger partial charge in [-0.2, -0.15) is 5.10 Å². The quantitative estimate of drug-likeness (QED) is 0.695. The van der Waals surface area contributed by atoms with Crippen LogP contribution in [0.5, 0.6) is 0 Å². The fraction of sp³-hybridized carbons (Fsp3) is 0.381. The van der Waals surface area contributed by atoms with Gasteiger partial charge in [-0.3, -0.25) is 4.79 Å². The summed E-state index contributed by atoms with van der Waals surface area (Å²) in [5.74, 6) is -0.510. The topological polar surface area (TPSA) is 68.5 Å². The largest absolute Gasteiger partial charge is 0.381 e. The van der Waals surface area contributed by atoms with Crippen molar-refractivity contribution in [2.45, 2.75) is 38.1 Å². The maximum Gasteiger partial charge on any atom is 0.257 e. The van der Waals surface area contributed by atoms with Gasteiger partial charge in [0.15, 0.2) is 5.65 Å². The number of hydrogen-bond donors (Lipinski definition) is 1. The van der Waals surface area contributed by atoms with E-state index < -0.39 is 11.4 Å². The highest BCUT2D eigenvalue weighted by molar-refractivity contribution is 6.30. The zero-order valence-corrected chi connectivity index (χ0v) is 17.0. The number of amides is 1. The molecule has 152 valence electrons. The lowest BCUT2D eigenvalue weighted by Crippen LogP contribution is -2.49. The number of carbonyl (C=O) groups is 1. The molecule has 29 heavy (non-hydrogen) atoms. The molecule has 1 amide bonds. The molecule has 0 radical (unpaired) electrons. The highest BCUT2D eigenvalue weighted by Gasteiger charge is 2.37. The van der Waals surface area contributed by atoms with E-state index in [1.807, 2.05) is 6.20 Å². The lowest BCUT2D eigenvalue weighted by atomic mass is 9.82. The van der Waals surface area contributed by atoms with Crippen LogP contribution < -0.4 is 5.32 Å². The summed E-state index contributed by atoms with van der Waals surface area (Å²) < 4.78 is 21.2. The Hall–Kier alpha value is -2.51. The van der Waals surface area contributed by atoms with Gasteiger partial charge in [-0.1, -0.05) is 31.5 Å². The first-order valence-electron chi connectivity index (χ1n) is 9.59. The molecule has 0 unspecified atom stereocenters. The van der Waals surface area contributed by atoms with Crippen LogP contribution in [0.2, 0.25) is 5.02 Å². The Balaban J connectivity index is 1.68. The zero-order chi connectivity index (χ0) is 20.6. The van der Waals surface area contributed by atoms with Crippen LogP contribution in [0.15, 0.2) is 36.8 Å². The van der Waals surface area contributed by atoms with Gasteiger partial charge in [0.05, 0.1) is 16.8 Å². The number of ether oxygens (including phenoxy) is 1. The molecule has 4 rings (SSSR count). The van der Waals surface area contributed by atoms with E-state index in [0.717, 1.165) is 5.56 Å². The SMILES string of the molecule is CC(C)c1cnc2c(C(=O)NC3(c4ccc(Cl)c(F)c4)CCOCC3)cnn2c1. The van der Waals surface area contributed by atoms with Gasteiger partial charge in [0.2, 0.25) is 0 Å². The van der Waals surface area contributed by atoms with Crippen molar-refractivity contribution in [2.75, 3.05) is 13.2 Å². The first-order valence-corrected chi connectivity index (χ1v) is 9.96. The third-order valence-corrected chi connectivity index (χ3v) is 5.77. The van der Waals surface area contributed by atoms with Crippen LogP contribution in [0.25, 0.3) is 5.65 Å². The summed E-state index contributed by atoms with van der Waals surface area (Å²) >= 11 is 5.85. The smallest absolute Gasteiger partial charge is 0.257 e. The summed E-state index contributed by atoms with van der Waals surface area (Å²) in [5.41, 5.74) is 1.82. The van der Waals surface area contributed by atoms with Crippen molar-refractivity contribution in [1.82, 2.24) is 19.9 Å². The summed E-state index contributed by atoms with van der Waals surface area (Å²) in [6, 6.07) is 4.65. The molecule has 1 N–H and O–H groups in total. The van der Waals surface area contributed by atoms with E-state index in [1.165, 1.54) is 18.3 Å². The zero-order valence-electron chi connectivity index (χ0n) is 16.3. The van der Waals surface area contributed by atoms with Crippen LogP contribution in [0.3, 0.4) is 0 Å². The molecule has 1 saturated heterocycles. The van der Waals surface area contributed by atoms with Crippen LogP contribution in [-0.2, 0) is 10.3 Å². The Kier molecular flexibility index (Phi) is 5.27. The first-order chi connectivity index (χ1) is 13.9. The van der Waals surface area contributed by atoms with Crippen molar-refractivity contribution in [1.29, 1.82) is 0 Å². The predicted octanol–water partition coefficient (Wildman–Crippen LogP) is 4.08. The summed E-state index contributed by atoms with van der Waals surface area (Å²) in [6.45, 7) is 5.07. The van der Waals surface area contributed by atoms with Gasteiger partial charge in [0, 0.05) is 25.6 Å². The second-order valence-corrected chi connectivity index (χ2v) is 8.05. The number of hydrogen-bond acceptors (Lipinski definition) is 4. The second kappa shape index (κ2) is 7.72. The third kappa shape index (κ3) is 3.72. The molecule has 0 saturated carbocycles. The molecular weight excluding hydrogens is 395 g/mol. The molecule has 8 heteroatoms.